The number of benzene rings is 2. The number of thioether (sulfide) groups is 1. The maximum atomic E-state index is 13.2. The topological polar surface area (TPSA) is 75.7 Å². The van der Waals surface area contributed by atoms with Crippen molar-refractivity contribution in [1.82, 2.24) is 4.31 Å². The predicted molar refractivity (Wildman–Crippen MR) is 121 cm³/mol. The van der Waals surface area contributed by atoms with Crippen LogP contribution in [0.4, 0.5) is 5.69 Å². The van der Waals surface area contributed by atoms with Gasteiger partial charge >= 0.3 is 0 Å². The molecule has 1 saturated heterocycles. The fraction of sp³-hybridized carbons (Fsp3) is 0.409. The van der Waals surface area contributed by atoms with Crippen molar-refractivity contribution in [3.8, 4) is 5.75 Å². The van der Waals surface area contributed by atoms with Crippen molar-refractivity contribution in [2.24, 2.45) is 5.92 Å². The van der Waals surface area contributed by atoms with Crippen LogP contribution in [0.25, 0.3) is 0 Å². The van der Waals surface area contributed by atoms with E-state index in [4.69, 9.17) is 4.74 Å². The number of carbonyl (C=O) groups is 1. The van der Waals surface area contributed by atoms with E-state index in [0.29, 0.717) is 31.7 Å². The van der Waals surface area contributed by atoms with E-state index in [2.05, 4.69) is 5.32 Å². The zero-order chi connectivity index (χ0) is 21.7. The van der Waals surface area contributed by atoms with Crippen molar-refractivity contribution in [2.75, 3.05) is 31.3 Å². The van der Waals surface area contributed by atoms with Crippen molar-refractivity contribution in [2.45, 2.75) is 36.5 Å². The first kappa shape index (κ1) is 22.7. The van der Waals surface area contributed by atoms with Gasteiger partial charge in [-0.3, -0.25) is 4.79 Å². The van der Waals surface area contributed by atoms with E-state index in [1.165, 1.54) is 4.31 Å². The molecule has 3 rings (SSSR count). The average Bonchev–Trinajstić information content (AvgIpc) is 2.75. The first-order valence-corrected chi connectivity index (χ1v) is 12.7. The minimum atomic E-state index is -3.67. The molecule has 1 fully saturated rings. The molecular formula is C22H28N2O4S2. The van der Waals surface area contributed by atoms with Crippen LogP contribution >= 0.6 is 11.8 Å². The number of nitrogens with zero attached hydrogens (tertiary/aromatic N) is 1. The lowest BCUT2D eigenvalue weighted by Crippen LogP contribution is -2.43. The van der Waals surface area contributed by atoms with E-state index < -0.39 is 10.0 Å². The molecule has 0 saturated carbocycles. The lowest BCUT2D eigenvalue weighted by atomic mass is 9.99. The highest BCUT2D eigenvalue weighted by atomic mass is 32.2. The summed E-state index contributed by atoms with van der Waals surface area (Å²) in [7, 11) is -3.67. The molecule has 0 bridgehead atoms. The Bertz CT molecular complexity index is 1010. The van der Waals surface area contributed by atoms with Gasteiger partial charge in [-0.1, -0.05) is 6.07 Å². The molecule has 2 aromatic carbocycles. The van der Waals surface area contributed by atoms with Crippen molar-refractivity contribution in [1.29, 1.82) is 0 Å². The standard InChI is InChI=1S/C22H28N2O4S2/c1-4-28-21-11-10-20(13-16(21)2)30(26,27)24-12-6-7-17(15-24)22(25)23-18-8-5-9-19(14-18)29-3/h5,8-11,13-14,17H,4,6-7,12,15H2,1-3H3,(H,23,25)/t17-/m1/s1. The molecule has 1 atom stereocenters. The SMILES string of the molecule is CCOc1ccc(S(=O)(=O)N2CCC[C@@H](C(=O)Nc3cccc(SC)c3)C2)cc1C. The molecule has 0 unspecified atom stereocenters. The number of anilines is 1. The number of ether oxygens (including phenoxy) is 1. The van der Waals surface area contributed by atoms with Gasteiger partial charge in [0.25, 0.3) is 0 Å². The smallest absolute Gasteiger partial charge is 0.243 e. The van der Waals surface area contributed by atoms with Gasteiger partial charge in [-0.25, -0.2) is 8.42 Å². The van der Waals surface area contributed by atoms with E-state index in [0.717, 1.165) is 16.1 Å². The first-order valence-electron chi connectivity index (χ1n) is 10.0. The third-order valence-corrected chi connectivity index (χ3v) is 7.76. The summed E-state index contributed by atoms with van der Waals surface area (Å²) in [4.78, 5) is 14.1. The van der Waals surface area contributed by atoms with Crippen LogP contribution in [0.2, 0.25) is 0 Å². The Balaban J connectivity index is 1.73. The van der Waals surface area contributed by atoms with Gasteiger partial charge in [0.1, 0.15) is 5.75 Å². The summed E-state index contributed by atoms with van der Waals surface area (Å²) in [5, 5.41) is 2.94. The number of nitrogens with one attached hydrogen (secondary N) is 1. The Morgan fingerprint density at radius 2 is 2.07 bits per heavy atom. The third kappa shape index (κ3) is 5.17. The van der Waals surface area contributed by atoms with Gasteiger partial charge < -0.3 is 10.1 Å². The van der Waals surface area contributed by atoms with Gasteiger partial charge in [0.15, 0.2) is 0 Å². The van der Waals surface area contributed by atoms with Gasteiger partial charge in [0.2, 0.25) is 15.9 Å². The van der Waals surface area contributed by atoms with Crippen LogP contribution in [0.15, 0.2) is 52.3 Å². The number of sulfonamides is 1. The monoisotopic (exact) mass is 448 g/mol. The van der Waals surface area contributed by atoms with Gasteiger partial charge in [-0.05, 0) is 74.9 Å². The van der Waals surface area contributed by atoms with Crippen LogP contribution in [-0.2, 0) is 14.8 Å². The zero-order valence-electron chi connectivity index (χ0n) is 17.6. The van der Waals surface area contributed by atoms with Crippen LogP contribution in [0.3, 0.4) is 0 Å². The van der Waals surface area contributed by atoms with Crippen molar-refractivity contribution < 1.29 is 17.9 Å². The molecule has 162 valence electrons. The quantitative estimate of drug-likeness (QED) is 0.644. The highest BCUT2D eigenvalue weighted by Gasteiger charge is 2.33. The number of rotatable bonds is 7. The van der Waals surface area contributed by atoms with Crippen molar-refractivity contribution in [3.05, 3.63) is 48.0 Å². The summed E-state index contributed by atoms with van der Waals surface area (Å²) in [5.41, 5.74) is 1.51. The first-order chi connectivity index (χ1) is 14.3. The summed E-state index contributed by atoms with van der Waals surface area (Å²) in [5.74, 6) is 0.158. The number of hydrogen-bond acceptors (Lipinski definition) is 5. The Labute approximate surface area is 183 Å². The summed E-state index contributed by atoms with van der Waals surface area (Å²) in [6.45, 7) is 4.85. The van der Waals surface area contributed by atoms with Crippen LogP contribution in [0.1, 0.15) is 25.3 Å². The fourth-order valence-electron chi connectivity index (χ4n) is 3.57. The van der Waals surface area contributed by atoms with Gasteiger partial charge in [-0.2, -0.15) is 4.31 Å². The number of carbonyl (C=O) groups excluding carboxylic acids is 1. The zero-order valence-corrected chi connectivity index (χ0v) is 19.2. The molecule has 1 aliphatic heterocycles. The molecule has 0 radical (unpaired) electrons. The molecule has 1 amide bonds. The number of aryl methyl sites for hydroxylation is 1. The molecule has 2 aromatic rings. The largest absolute Gasteiger partial charge is 0.494 e. The number of piperidine rings is 1. The van der Waals surface area contributed by atoms with Crippen LogP contribution in [0.5, 0.6) is 5.75 Å². The highest BCUT2D eigenvalue weighted by molar-refractivity contribution is 7.98. The van der Waals surface area contributed by atoms with Gasteiger partial charge in [0, 0.05) is 23.7 Å². The maximum absolute atomic E-state index is 13.2. The average molecular weight is 449 g/mol. The molecule has 1 heterocycles. The molecule has 8 heteroatoms. The van der Waals surface area contributed by atoms with Crippen molar-refractivity contribution in [3.63, 3.8) is 0 Å². The van der Waals surface area contributed by atoms with Crippen LogP contribution in [0, 0.1) is 12.8 Å². The maximum Gasteiger partial charge on any atom is 0.243 e. The lowest BCUT2D eigenvalue weighted by molar-refractivity contribution is -0.120. The molecule has 1 aliphatic rings. The molecule has 1 N–H and O–H groups in total. The van der Waals surface area contributed by atoms with Crippen molar-refractivity contribution >= 4 is 33.4 Å². The summed E-state index contributed by atoms with van der Waals surface area (Å²) in [6, 6.07) is 12.5. The Morgan fingerprint density at radius 1 is 1.27 bits per heavy atom. The summed E-state index contributed by atoms with van der Waals surface area (Å²) >= 11 is 1.60. The van der Waals surface area contributed by atoms with Crippen LogP contribution < -0.4 is 10.1 Å². The summed E-state index contributed by atoms with van der Waals surface area (Å²) < 4.78 is 33.3. The minimum Gasteiger partial charge on any atom is -0.494 e. The second-order valence-electron chi connectivity index (χ2n) is 7.28. The van der Waals surface area contributed by atoms with E-state index in [-0.39, 0.29) is 23.3 Å². The molecular weight excluding hydrogens is 420 g/mol. The van der Waals surface area contributed by atoms with Gasteiger partial charge in [0.05, 0.1) is 17.4 Å². The normalized spacial score (nSPS) is 17.5. The second-order valence-corrected chi connectivity index (χ2v) is 10.1. The molecule has 0 spiro atoms. The predicted octanol–water partition coefficient (Wildman–Crippen LogP) is 4.16. The Kier molecular flexibility index (Phi) is 7.44. The second kappa shape index (κ2) is 9.85. The molecule has 0 aliphatic carbocycles. The lowest BCUT2D eigenvalue weighted by Gasteiger charge is -2.31. The highest BCUT2D eigenvalue weighted by Crippen LogP contribution is 2.28. The number of hydrogen-bond donors (Lipinski definition) is 1. The van der Waals surface area contributed by atoms with E-state index >= 15 is 0 Å². The fourth-order valence-corrected chi connectivity index (χ4v) is 5.64. The van der Waals surface area contributed by atoms with Crippen LogP contribution in [-0.4, -0.2) is 44.6 Å². The minimum absolute atomic E-state index is 0.143. The van der Waals surface area contributed by atoms with E-state index in [9.17, 15) is 13.2 Å². The van der Waals surface area contributed by atoms with E-state index in [1.807, 2.05) is 44.4 Å². The van der Waals surface area contributed by atoms with E-state index in [1.54, 1.807) is 30.0 Å². The third-order valence-electron chi connectivity index (χ3n) is 5.18. The van der Waals surface area contributed by atoms with Gasteiger partial charge in [-0.15, -0.1) is 11.8 Å². The Hall–Kier alpha value is -2.03. The molecule has 0 aromatic heterocycles. The summed E-state index contributed by atoms with van der Waals surface area (Å²) in [6.07, 6.45) is 3.30. The molecule has 6 nitrogen and oxygen atoms in total. The number of amides is 1. The Morgan fingerprint density at radius 3 is 2.77 bits per heavy atom. The molecule has 30 heavy (non-hydrogen) atoms.